The molecule has 20 heavy (non-hydrogen) atoms. The van der Waals surface area contributed by atoms with E-state index in [9.17, 15) is 17.2 Å². The van der Waals surface area contributed by atoms with Gasteiger partial charge in [0.2, 0.25) is 0 Å². The van der Waals surface area contributed by atoms with Crippen LogP contribution in [0.15, 0.2) is 41.3 Å². The lowest BCUT2D eigenvalue weighted by Crippen LogP contribution is -2.15. The van der Waals surface area contributed by atoms with Crippen LogP contribution in [0.2, 0.25) is 0 Å². The van der Waals surface area contributed by atoms with E-state index < -0.39 is 21.7 Å². The Morgan fingerprint density at radius 1 is 1.05 bits per heavy atom. The number of hydrogen-bond donors (Lipinski definition) is 2. The van der Waals surface area contributed by atoms with Gasteiger partial charge < -0.3 is 5.73 Å². The predicted molar refractivity (Wildman–Crippen MR) is 72.8 cm³/mol. The molecule has 0 saturated carbocycles. The lowest BCUT2D eigenvalue weighted by molar-refractivity contribution is 0.595. The summed E-state index contributed by atoms with van der Waals surface area (Å²) < 4.78 is 52.7. The van der Waals surface area contributed by atoms with E-state index >= 15 is 0 Å². The third kappa shape index (κ3) is 2.88. The molecule has 0 amide bonds. The number of nitrogens with two attached hydrogens (primary N) is 1. The molecule has 2 aromatic rings. The van der Waals surface area contributed by atoms with Crippen LogP contribution >= 0.6 is 0 Å². The first-order valence-corrected chi connectivity index (χ1v) is 7.12. The summed E-state index contributed by atoms with van der Waals surface area (Å²) in [5.74, 6) is -1.19. The van der Waals surface area contributed by atoms with Crippen molar-refractivity contribution in [1.29, 1.82) is 0 Å². The normalized spacial score (nSPS) is 11.3. The van der Waals surface area contributed by atoms with Crippen molar-refractivity contribution in [3.05, 3.63) is 53.6 Å². The number of sulfonamides is 1. The first kappa shape index (κ1) is 14.3. The molecule has 2 aromatic carbocycles. The second-order valence-corrected chi connectivity index (χ2v) is 5.90. The van der Waals surface area contributed by atoms with Crippen molar-refractivity contribution < 1.29 is 17.2 Å². The van der Waals surface area contributed by atoms with Gasteiger partial charge in [-0.15, -0.1) is 0 Å². The van der Waals surface area contributed by atoms with Gasteiger partial charge in [-0.05, 0) is 48.9 Å². The summed E-state index contributed by atoms with van der Waals surface area (Å²) in [6, 6.07) is 6.67. The number of hydrogen-bond acceptors (Lipinski definition) is 3. The van der Waals surface area contributed by atoms with E-state index in [1.807, 2.05) is 0 Å². The molecule has 0 aliphatic carbocycles. The predicted octanol–water partition coefficient (Wildman–Crippen LogP) is 2.66. The molecule has 0 heterocycles. The quantitative estimate of drug-likeness (QED) is 0.856. The van der Waals surface area contributed by atoms with E-state index in [4.69, 9.17) is 5.73 Å². The summed E-state index contributed by atoms with van der Waals surface area (Å²) >= 11 is 0. The van der Waals surface area contributed by atoms with E-state index in [1.54, 1.807) is 6.92 Å². The average molecular weight is 298 g/mol. The third-order valence-electron chi connectivity index (χ3n) is 2.70. The van der Waals surface area contributed by atoms with Gasteiger partial charge in [0.25, 0.3) is 10.0 Å². The van der Waals surface area contributed by atoms with Crippen LogP contribution in [0.4, 0.5) is 20.2 Å². The zero-order chi connectivity index (χ0) is 14.9. The van der Waals surface area contributed by atoms with Crippen molar-refractivity contribution in [2.75, 3.05) is 10.5 Å². The van der Waals surface area contributed by atoms with Crippen molar-refractivity contribution in [2.45, 2.75) is 11.8 Å². The van der Waals surface area contributed by atoms with Gasteiger partial charge in [0.05, 0.1) is 11.4 Å². The third-order valence-corrected chi connectivity index (χ3v) is 4.12. The molecule has 0 spiro atoms. The summed E-state index contributed by atoms with van der Waals surface area (Å²) in [6.07, 6.45) is 0. The number of anilines is 2. The van der Waals surface area contributed by atoms with Gasteiger partial charge in [-0.2, -0.15) is 0 Å². The second-order valence-electron chi connectivity index (χ2n) is 4.25. The molecule has 0 unspecified atom stereocenters. The fourth-order valence-electron chi connectivity index (χ4n) is 1.68. The minimum absolute atomic E-state index is 0.0707. The maximum atomic E-state index is 13.2. The Kier molecular flexibility index (Phi) is 3.63. The van der Waals surface area contributed by atoms with Gasteiger partial charge in [0.1, 0.15) is 16.5 Å². The number of nitrogen functional groups attached to an aromatic ring is 1. The minimum atomic E-state index is -4.04. The number of nitrogens with one attached hydrogen (secondary N) is 1. The molecule has 2 rings (SSSR count). The molecule has 0 aliphatic heterocycles. The van der Waals surface area contributed by atoms with E-state index in [0.717, 1.165) is 18.2 Å². The maximum Gasteiger partial charge on any atom is 0.264 e. The van der Waals surface area contributed by atoms with E-state index in [2.05, 4.69) is 4.72 Å². The standard InChI is InChI=1S/C13H12F2N2O2S/c1-8-6-9(14)3-5-12(8)17-20(18,19)13-7-10(15)2-4-11(13)16/h2-7,17H,16H2,1H3. The van der Waals surface area contributed by atoms with Crippen molar-refractivity contribution >= 4 is 21.4 Å². The Labute approximate surface area is 115 Å². The monoisotopic (exact) mass is 298 g/mol. The molecule has 0 aromatic heterocycles. The van der Waals surface area contributed by atoms with Crippen LogP contribution in [0, 0.1) is 18.6 Å². The number of benzene rings is 2. The van der Waals surface area contributed by atoms with Gasteiger partial charge in [-0.25, -0.2) is 17.2 Å². The number of rotatable bonds is 3. The van der Waals surface area contributed by atoms with Crippen LogP contribution in [0.25, 0.3) is 0 Å². The molecule has 106 valence electrons. The Balaban J connectivity index is 2.43. The topological polar surface area (TPSA) is 72.2 Å². The Bertz CT molecular complexity index is 761. The smallest absolute Gasteiger partial charge is 0.264 e. The Hall–Kier alpha value is -2.15. The van der Waals surface area contributed by atoms with Crippen LogP contribution in [0.3, 0.4) is 0 Å². The van der Waals surface area contributed by atoms with Crippen molar-refractivity contribution in [3.8, 4) is 0 Å². The summed E-state index contributed by atoms with van der Waals surface area (Å²) in [5, 5.41) is 0. The van der Waals surface area contributed by atoms with Crippen molar-refractivity contribution in [3.63, 3.8) is 0 Å². The zero-order valence-electron chi connectivity index (χ0n) is 10.5. The SMILES string of the molecule is Cc1cc(F)ccc1NS(=O)(=O)c1cc(F)ccc1N. The molecule has 0 fully saturated rings. The zero-order valence-corrected chi connectivity index (χ0v) is 11.3. The van der Waals surface area contributed by atoms with Gasteiger partial charge in [-0.1, -0.05) is 0 Å². The van der Waals surface area contributed by atoms with E-state index in [0.29, 0.717) is 5.56 Å². The van der Waals surface area contributed by atoms with Gasteiger partial charge in [-0.3, -0.25) is 4.72 Å². The largest absolute Gasteiger partial charge is 0.398 e. The second kappa shape index (κ2) is 5.09. The van der Waals surface area contributed by atoms with Crippen LogP contribution in [0.5, 0.6) is 0 Å². The molecule has 0 aliphatic rings. The minimum Gasteiger partial charge on any atom is -0.398 e. The Morgan fingerprint density at radius 3 is 2.30 bits per heavy atom. The lowest BCUT2D eigenvalue weighted by Gasteiger charge is -2.12. The highest BCUT2D eigenvalue weighted by molar-refractivity contribution is 7.92. The van der Waals surface area contributed by atoms with Gasteiger partial charge in [0.15, 0.2) is 0 Å². The van der Waals surface area contributed by atoms with Gasteiger partial charge in [0, 0.05) is 0 Å². The van der Waals surface area contributed by atoms with Crippen molar-refractivity contribution in [2.24, 2.45) is 0 Å². The summed E-state index contributed by atoms with van der Waals surface area (Å²) in [7, 11) is -4.04. The number of aryl methyl sites for hydroxylation is 1. The average Bonchev–Trinajstić information content (AvgIpc) is 2.35. The highest BCUT2D eigenvalue weighted by Crippen LogP contribution is 2.24. The first-order valence-electron chi connectivity index (χ1n) is 5.63. The fraction of sp³-hybridized carbons (Fsp3) is 0.0769. The molecule has 0 atom stereocenters. The lowest BCUT2D eigenvalue weighted by atomic mass is 10.2. The molecule has 0 saturated heterocycles. The summed E-state index contributed by atoms with van der Waals surface area (Å²) in [5.41, 5.74) is 6.08. The van der Waals surface area contributed by atoms with E-state index in [-0.39, 0.29) is 16.3 Å². The molecular weight excluding hydrogens is 286 g/mol. The maximum absolute atomic E-state index is 13.2. The van der Waals surface area contributed by atoms with E-state index in [1.165, 1.54) is 18.2 Å². The summed E-state index contributed by atoms with van der Waals surface area (Å²) in [4.78, 5) is -0.360. The van der Waals surface area contributed by atoms with Crippen molar-refractivity contribution in [1.82, 2.24) is 0 Å². The van der Waals surface area contributed by atoms with Crippen LogP contribution < -0.4 is 10.5 Å². The number of halogens is 2. The first-order chi connectivity index (χ1) is 9.29. The molecule has 7 heteroatoms. The van der Waals surface area contributed by atoms with Gasteiger partial charge >= 0.3 is 0 Å². The summed E-state index contributed by atoms with van der Waals surface area (Å²) in [6.45, 7) is 1.55. The van der Waals surface area contributed by atoms with Crippen LogP contribution in [-0.2, 0) is 10.0 Å². The fourth-order valence-corrected chi connectivity index (χ4v) is 2.96. The molecule has 3 N–H and O–H groups in total. The molecule has 0 radical (unpaired) electrons. The highest BCUT2D eigenvalue weighted by Gasteiger charge is 2.19. The highest BCUT2D eigenvalue weighted by atomic mass is 32.2. The van der Waals surface area contributed by atoms with Crippen LogP contribution in [-0.4, -0.2) is 8.42 Å². The molecule has 4 nitrogen and oxygen atoms in total. The van der Waals surface area contributed by atoms with Crippen LogP contribution in [0.1, 0.15) is 5.56 Å². The molecule has 0 bridgehead atoms. The molecular formula is C13H12F2N2O2S. The Morgan fingerprint density at radius 2 is 1.65 bits per heavy atom.